The van der Waals surface area contributed by atoms with Gasteiger partial charge in [0.25, 0.3) is 0 Å². The Balaban J connectivity index is 2.14. The molecule has 1 aromatic carbocycles. The lowest BCUT2D eigenvalue weighted by Gasteiger charge is -2.18. The SMILES string of the molecule is CNC(CCc1ccnn1C)c1cc(OC)cc(OC)c1. The normalized spacial score (nSPS) is 12.2. The van der Waals surface area contributed by atoms with Crippen LogP contribution in [-0.4, -0.2) is 31.0 Å². The zero-order valence-corrected chi connectivity index (χ0v) is 13.1. The van der Waals surface area contributed by atoms with Crippen molar-refractivity contribution in [2.24, 2.45) is 7.05 Å². The van der Waals surface area contributed by atoms with Crippen molar-refractivity contribution in [3.8, 4) is 11.5 Å². The first kappa shape index (κ1) is 15.4. The minimum atomic E-state index is 0.240. The van der Waals surface area contributed by atoms with Crippen LogP contribution in [0.5, 0.6) is 11.5 Å². The quantitative estimate of drug-likeness (QED) is 0.850. The molecule has 1 atom stereocenters. The van der Waals surface area contributed by atoms with Crippen molar-refractivity contribution in [1.82, 2.24) is 15.1 Å². The summed E-state index contributed by atoms with van der Waals surface area (Å²) in [5.74, 6) is 1.62. The molecule has 0 aliphatic rings. The number of benzene rings is 1. The molecule has 5 heteroatoms. The third-order valence-electron chi connectivity index (χ3n) is 3.74. The molecule has 114 valence electrons. The first-order valence-electron chi connectivity index (χ1n) is 7.05. The molecule has 0 radical (unpaired) electrons. The predicted molar refractivity (Wildman–Crippen MR) is 82.9 cm³/mol. The maximum atomic E-state index is 5.34. The lowest BCUT2D eigenvalue weighted by molar-refractivity contribution is 0.391. The summed E-state index contributed by atoms with van der Waals surface area (Å²) in [6.07, 6.45) is 3.77. The Hall–Kier alpha value is -2.01. The van der Waals surface area contributed by atoms with E-state index in [0.717, 1.165) is 29.9 Å². The van der Waals surface area contributed by atoms with Crippen molar-refractivity contribution in [3.63, 3.8) is 0 Å². The molecule has 0 spiro atoms. The second-order valence-electron chi connectivity index (χ2n) is 4.97. The van der Waals surface area contributed by atoms with Crippen LogP contribution >= 0.6 is 0 Å². The number of methoxy groups -OCH3 is 2. The minimum Gasteiger partial charge on any atom is -0.497 e. The van der Waals surface area contributed by atoms with Crippen molar-refractivity contribution < 1.29 is 9.47 Å². The van der Waals surface area contributed by atoms with Crippen LogP contribution in [0.1, 0.15) is 23.7 Å². The summed E-state index contributed by atoms with van der Waals surface area (Å²) >= 11 is 0. The molecule has 1 aromatic heterocycles. The average molecular weight is 289 g/mol. The van der Waals surface area contributed by atoms with Crippen LogP contribution < -0.4 is 14.8 Å². The Bertz CT molecular complexity index is 558. The molecule has 0 fully saturated rings. The maximum Gasteiger partial charge on any atom is 0.122 e. The van der Waals surface area contributed by atoms with Crippen molar-refractivity contribution in [2.45, 2.75) is 18.9 Å². The Morgan fingerprint density at radius 1 is 1.19 bits per heavy atom. The van der Waals surface area contributed by atoms with Gasteiger partial charge in [0.1, 0.15) is 11.5 Å². The van der Waals surface area contributed by atoms with Crippen molar-refractivity contribution in [3.05, 3.63) is 41.7 Å². The van der Waals surface area contributed by atoms with E-state index in [4.69, 9.17) is 9.47 Å². The fourth-order valence-electron chi connectivity index (χ4n) is 2.45. The highest BCUT2D eigenvalue weighted by Gasteiger charge is 2.13. The number of rotatable bonds is 7. The summed E-state index contributed by atoms with van der Waals surface area (Å²) < 4.78 is 12.6. The second kappa shape index (κ2) is 7.13. The molecule has 0 saturated heterocycles. The Morgan fingerprint density at radius 3 is 2.33 bits per heavy atom. The number of ether oxygens (including phenoxy) is 2. The molecular weight excluding hydrogens is 266 g/mol. The largest absolute Gasteiger partial charge is 0.497 e. The van der Waals surface area contributed by atoms with E-state index < -0.39 is 0 Å². The van der Waals surface area contributed by atoms with Crippen LogP contribution in [0.15, 0.2) is 30.5 Å². The molecule has 0 amide bonds. The van der Waals surface area contributed by atoms with Gasteiger partial charge in [-0.05, 0) is 43.7 Å². The zero-order valence-electron chi connectivity index (χ0n) is 13.1. The Morgan fingerprint density at radius 2 is 1.86 bits per heavy atom. The highest BCUT2D eigenvalue weighted by Crippen LogP contribution is 2.28. The lowest BCUT2D eigenvalue weighted by atomic mass is 10.0. The molecule has 1 N–H and O–H groups in total. The van der Waals surface area contributed by atoms with Gasteiger partial charge >= 0.3 is 0 Å². The van der Waals surface area contributed by atoms with Gasteiger partial charge in [-0.25, -0.2) is 0 Å². The molecule has 1 heterocycles. The summed E-state index contributed by atoms with van der Waals surface area (Å²) in [6, 6.07) is 8.28. The maximum absolute atomic E-state index is 5.34. The predicted octanol–water partition coefficient (Wildman–Crippen LogP) is 2.33. The van der Waals surface area contributed by atoms with E-state index in [1.807, 2.05) is 43.2 Å². The van der Waals surface area contributed by atoms with Gasteiger partial charge in [-0.2, -0.15) is 5.10 Å². The number of aryl methyl sites for hydroxylation is 2. The smallest absolute Gasteiger partial charge is 0.122 e. The summed E-state index contributed by atoms with van der Waals surface area (Å²) in [5.41, 5.74) is 2.39. The monoisotopic (exact) mass is 289 g/mol. The van der Waals surface area contributed by atoms with E-state index in [-0.39, 0.29) is 6.04 Å². The van der Waals surface area contributed by atoms with Gasteiger partial charge in [-0.3, -0.25) is 4.68 Å². The molecule has 21 heavy (non-hydrogen) atoms. The second-order valence-corrected chi connectivity index (χ2v) is 4.97. The van der Waals surface area contributed by atoms with Gasteiger partial charge in [0.15, 0.2) is 0 Å². The average Bonchev–Trinajstić information content (AvgIpc) is 2.92. The van der Waals surface area contributed by atoms with Crippen LogP contribution in [-0.2, 0) is 13.5 Å². The number of hydrogen-bond acceptors (Lipinski definition) is 4. The van der Waals surface area contributed by atoms with E-state index in [1.54, 1.807) is 14.2 Å². The topological polar surface area (TPSA) is 48.3 Å². The molecule has 0 bridgehead atoms. The summed E-state index contributed by atoms with van der Waals surface area (Å²) in [5, 5.41) is 7.57. The van der Waals surface area contributed by atoms with Gasteiger partial charge in [0.2, 0.25) is 0 Å². The zero-order chi connectivity index (χ0) is 15.2. The van der Waals surface area contributed by atoms with Crippen molar-refractivity contribution in [2.75, 3.05) is 21.3 Å². The van der Waals surface area contributed by atoms with Gasteiger partial charge in [-0.15, -0.1) is 0 Å². The van der Waals surface area contributed by atoms with E-state index in [0.29, 0.717) is 0 Å². The number of hydrogen-bond donors (Lipinski definition) is 1. The van der Waals surface area contributed by atoms with Crippen LogP contribution in [0.25, 0.3) is 0 Å². The van der Waals surface area contributed by atoms with E-state index in [2.05, 4.69) is 16.5 Å². The van der Waals surface area contributed by atoms with E-state index >= 15 is 0 Å². The molecule has 0 aliphatic heterocycles. The first-order chi connectivity index (χ1) is 10.2. The standard InChI is InChI=1S/C16H23N3O2/c1-17-16(6-5-13-7-8-18-19(13)2)12-9-14(20-3)11-15(10-12)21-4/h7-11,16-17H,5-6H2,1-4H3. The summed E-state index contributed by atoms with van der Waals surface area (Å²) in [7, 11) is 7.28. The fourth-order valence-corrected chi connectivity index (χ4v) is 2.45. The molecule has 0 aliphatic carbocycles. The van der Waals surface area contributed by atoms with Gasteiger partial charge < -0.3 is 14.8 Å². The Kier molecular flexibility index (Phi) is 5.22. The van der Waals surface area contributed by atoms with Gasteiger partial charge in [0, 0.05) is 31.0 Å². The van der Waals surface area contributed by atoms with Crippen molar-refractivity contribution in [1.29, 1.82) is 0 Å². The van der Waals surface area contributed by atoms with Crippen molar-refractivity contribution >= 4 is 0 Å². The van der Waals surface area contributed by atoms with Crippen LogP contribution in [0.4, 0.5) is 0 Å². The third kappa shape index (κ3) is 3.76. The summed E-state index contributed by atoms with van der Waals surface area (Å²) in [6.45, 7) is 0. The first-order valence-corrected chi connectivity index (χ1v) is 7.05. The van der Waals surface area contributed by atoms with Gasteiger partial charge in [-0.1, -0.05) is 0 Å². The minimum absolute atomic E-state index is 0.240. The number of nitrogens with zero attached hydrogens (tertiary/aromatic N) is 2. The molecule has 2 aromatic rings. The van der Waals surface area contributed by atoms with Crippen LogP contribution in [0.2, 0.25) is 0 Å². The summed E-state index contributed by atoms with van der Waals surface area (Å²) in [4.78, 5) is 0. The molecule has 0 saturated carbocycles. The fraction of sp³-hybridized carbons (Fsp3) is 0.438. The van der Waals surface area contributed by atoms with Crippen LogP contribution in [0.3, 0.4) is 0 Å². The lowest BCUT2D eigenvalue weighted by Crippen LogP contribution is -2.18. The molecule has 5 nitrogen and oxygen atoms in total. The third-order valence-corrected chi connectivity index (χ3v) is 3.74. The molecule has 2 rings (SSSR count). The number of nitrogens with one attached hydrogen (secondary N) is 1. The number of aromatic nitrogens is 2. The van der Waals surface area contributed by atoms with Gasteiger partial charge in [0.05, 0.1) is 14.2 Å². The van der Waals surface area contributed by atoms with Crippen LogP contribution in [0, 0.1) is 0 Å². The molecule has 1 unspecified atom stereocenters. The van der Waals surface area contributed by atoms with E-state index in [1.165, 1.54) is 5.69 Å². The molecular formula is C16H23N3O2. The highest BCUT2D eigenvalue weighted by molar-refractivity contribution is 5.39. The Labute approximate surface area is 125 Å². The highest BCUT2D eigenvalue weighted by atomic mass is 16.5. The van der Waals surface area contributed by atoms with E-state index in [9.17, 15) is 0 Å².